The maximum atomic E-state index is 13.6. The van der Waals surface area contributed by atoms with Crippen LogP contribution in [-0.2, 0) is 6.42 Å². The minimum absolute atomic E-state index is 0.0512. The van der Waals surface area contributed by atoms with Crippen LogP contribution < -0.4 is 5.32 Å². The molecule has 1 nitrogen and oxygen atoms in total. The first-order chi connectivity index (χ1) is 6.74. The Labute approximate surface area is 84.3 Å². The van der Waals surface area contributed by atoms with Gasteiger partial charge in [-0.15, -0.1) is 0 Å². The molecule has 0 amide bonds. The van der Waals surface area contributed by atoms with Crippen molar-refractivity contribution in [2.45, 2.75) is 32.7 Å². The molecule has 0 fully saturated rings. The zero-order valence-electron chi connectivity index (χ0n) is 8.73. The Kier molecular flexibility index (Phi) is 2.55. The number of aryl methyl sites for hydroxylation is 1. The molecule has 0 saturated heterocycles. The number of fused-ring (bicyclic) bond motifs is 1. The molecule has 1 aromatic carbocycles. The number of halogens is 1. The molecule has 0 radical (unpaired) electrons. The quantitative estimate of drug-likeness (QED) is 0.723. The van der Waals surface area contributed by atoms with Gasteiger partial charge in [0.05, 0.1) is 0 Å². The number of rotatable bonds is 1. The second kappa shape index (κ2) is 3.70. The van der Waals surface area contributed by atoms with Crippen LogP contribution in [-0.4, -0.2) is 6.54 Å². The van der Waals surface area contributed by atoms with Gasteiger partial charge in [0.15, 0.2) is 0 Å². The molecule has 2 heteroatoms. The van der Waals surface area contributed by atoms with Crippen molar-refractivity contribution in [2.75, 3.05) is 6.54 Å². The minimum Gasteiger partial charge on any atom is -0.310 e. The second-order valence-electron chi connectivity index (χ2n) is 3.92. The summed E-state index contributed by atoms with van der Waals surface area (Å²) in [6.45, 7) is 5.13. The summed E-state index contributed by atoms with van der Waals surface area (Å²) >= 11 is 0. The molecule has 1 aliphatic heterocycles. The van der Waals surface area contributed by atoms with Crippen molar-refractivity contribution >= 4 is 0 Å². The average Bonchev–Trinajstić information content (AvgIpc) is 2.23. The molecule has 76 valence electrons. The molecular weight excluding hydrogens is 177 g/mol. The molecule has 1 unspecified atom stereocenters. The third kappa shape index (κ3) is 1.44. The largest absolute Gasteiger partial charge is 0.310 e. The average molecular weight is 193 g/mol. The third-order valence-electron chi connectivity index (χ3n) is 3.06. The van der Waals surface area contributed by atoms with E-state index in [0.29, 0.717) is 0 Å². The normalized spacial score (nSPS) is 20.6. The molecule has 14 heavy (non-hydrogen) atoms. The van der Waals surface area contributed by atoms with Crippen LogP contribution in [0.5, 0.6) is 0 Å². The molecule has 0 bridgehead atoms. The summed E-state index contributed by atoms with van der Waals surface area (Å²) in [6.07, 6.45) is 1.91. The lowest BCUT2D eigenvalue weighted by molar-refractivity contribution is 0.461. The Morgan fingerprint density at radius 2 is 2.29 bits per heavy atom. The van der Waals surface area contributed by atoms with E-state index in [2.05, 4.69) is 19.2 Å². The highest BCUT2D eigenvalue weighted by Crippen LogP contribution is 2.29. The van der Waals surface area contributed by atoms with Crippen molar-refractivity contribution in [1.29, 1.82) is 0 Å². The Bertz CT molecular complexity index is 346. The predicted molar refractivity (Wildman–Crippen MR) is 55.9 cm³/mol. The molecule has 1 aromatic rings. The predicted octanol–water partition coefficient (Wildman–Crippen LogP) is 2.73. The zero-order valence-corrected chi connectivity index (χ0v) is 8.73. The Morgan fingerprint density at radius 3 is 3.00 bits per heavy atom. The Hall–Kier alpha value is -0.890. The lowest BCUT2D eigenvalue weighted by Gasteiger charge is -2.27. The SMILES string of the molecule is CCC1NCCc2c(C)ccc(F)c21. The van der Waals surface area contributed by atoms with Crippen molar-refractivity contribution in [3.8, 4) is 0 Å². The molecule has 0 spiro atoms. The van der Waals surface area contributed by atoms with Gasteiger partial charge in [-0.25, -0.2) is 4.39 Å². The van der Waals surface area contributed by atoms with E-state index >= 15 is 0 Å². The van der Waals surface area contributed by atoms with E-state index in [-0.39, 0.29) is 11.9 Å². The fourth-order valence-electron chi connectivity index (χ4n) is 2.28. The highest BCUT2D eigenvalue weighted by atomic mass is 19.1. The van der Waals surface area contributed by atoms with Gasteiger partial charge in [0, 0.05) is 11.6 Å². The van der Waals surface area contributed by atoms with E-state index in [9.17, 15) is 4.39 Å². The summed E-state index contributed by atoms with van der Waals surface area (Å²) in [5.41, 5.74) is 3.34. The van der Waals surface area contributed by atoms with Crippen LogP contribution >= 0.6 is 0 Å². The van der Waals surface area contributed by atoms with Gasteiger partial charge in [-0.05, 0) is 43.5 Å². The summed E-state index contributed by atoms with van der Waals surface area (Å²) in [5, 5.41) is 3.35. The summed E-state index contributed by atoms with van der Waals surface area (Å²) in [4.78, 5) is 0. The molecule has 1 aliphatic rings. The first-order valence-corrected chi connectivity index (χ1v) is 5.25. The molecule has 1 atom stereocenters. The minimum atomic E-state index is -0.0512. The van der Waals surface area contributed by atoms with Gasteiger partial charge >= 0.3 is 0 Å². The standard InChI is InChI=1S/C12H16FN/c1-3-11-12-9(6-7-14-11)8(2)4-5-10(12)13/h4-5,11,14H,3,6-7H2,1-2H3. The molecular formula is C12H16FN. The number of hydrogen-bond donors (Lipinski definition) is 1. The van der Waals surface area contributed by atoms with Crippen molar-refractivity contribution in [3.63, 3.8) is 0 Å². The van der Waals surface area contributed by atoms with E-state index in [1.165, 1.54) is 11.1 Å². The van der Waals surface area contributed by atoms with Gasteiger partial charge in [0.1, 0.15) is 5.82 Å². The first kappa shape index (κ1) is 9.66. The van der Waals surface area contributed by atoms with Crippen molar-refractivity contribution in [2.24, 2.45) is 0 Å². The van der Waals surface area contributed by atoms with Gasteiger partial charge < -0.3 is 5.32 Å². The fraction of sp³-hybridized carbons (Fsp3) is 0.500. The van der Waals surface area contributed by atoms with Crippen LogP contribution in [0.15, 0.2) is 12.1 Å². The van der Waals surface area contributed by atoms with E-state index in [1.807, 2.05) is 6.07 Å². The Balaban J connectivity index is 2.55. The molecule has 2 rings (SSSR count). The zero-order chi connectivity index (χ0) is 10.1. The summed E-state index contributed by atoms with van der Waals surface area (Å²) in [6, 6.07) is 3.68. The van der Waals surface area contributed by atoms with E-state index in [1.54, 1.807) is 6.07 Å². The van der Waals surface area contributed by atoms with Gasteiger partial charge in [-0.2, -0.15) is 0 Å². The topological polar surface area (TPSA) is 12.0 Å². The highest BCUT2D eigenvalue weighted by Gasteiger charge is 2.22. The van der Waals surface area contributed by atoms with E-state index in [0.717, 1.165) is 24.9 Å². The maximum Gasteiger partial charge on any atom is 0.128 e. The third-order valence-corrected chi connectivity index (χ3v) is 3.06. The van der Waals surface area contributed by atoms with Crippen LogP contribution in [0.25, 0.3) is 0 Å². The smallest absolute Gasteiger partial charge is 0.128 e. The van der Waals surface area contributed by atoms with Gasteiger partial charge in [-0.3, -0.25) is 0 Å². The van der Waals surface area contributed by atoms with Crippen molar-refractivity contribution in [3.05, 3.63) is 34.6 Å². The van der Waals surface area contributed by atoms with Crippen LogP contribution in [0.1, 0.15) is 36.1 Å². The first-order valence-electron chi connectivity index (χ1n) is 5.25. The van der Waals surface area contributed by atoms with Gasteiger partial charge in [0.25, 0.3) is 0 Å². The van der Waals surface area contributed by atoms with Crippen LogP contribution in [0, 0.1) is 12.7 Å². The van der Waals surface area contributed by atoms with Crippen LogP contribution in [0.3, 0.4) is 0 Å². The van der Waals surface area contributed by atoms with Crippen molar-refractivity contribution < 1.29 is 4.39 Å². The fourth-order valence-corrected chi connectivity index (χ4v) is 2.28. The van der Waals surface area contributed by atoms with Gasteiger partial charge in [-0.1, -0.05) is 13.0 Å². The summed E-state index contributed by atoms with van der Waals surface area (Å²) in [7, 11) is 0. The molecule has 0 aliphatic carbocycles. The van der Waals surface area contributed by atoms with E-state index in [4.69, 9.17) is 0 Å². The monoisotopic (exact) mass is 193 g/mol. The van der Waals surface area contributed by atoms with Crippen LogP contribution in [0.4, 0.5) is 4.39 Å². The summed E-state index contributed by atoms with van der Waals surface area (Å²) in [5.74, 6) is -0.0512. The van der Waals surface area contributed by atoms with Crippen molar-refractivity contribution in [1.82, 2.24) is 5.32 Å². The Morgan fingerprint density at radius 1 is 1.50 bits per heavy atom. The lowest BCUT2D eigenvalue weighted by atomic mass is 9.89. The number of hydrogen-bond acceptors (Lipinski definition) is 1. The van der Waals surface area contributed by atoms with E-state index < -0.39 is 0 Å². The maximum absolute atomic E-state index is 13.6. The summed E-state index contributed by atoms with van der Waals surface area (Å²) < 4.78 is 13.6. The highest BCUT2D eigenvalue weighted by molar-refractivity contribution is 5.39. The number of benzene rings is 1. The molecule has 0 aromatic heterocycles. The van der Waals surface area contributed by atoms with Gasteiger partial charge in [0.2, 0.25) is 0 Å². The second-order valence-corrected chi connectivity index (χ2v) is 3.92. The number of nitrogens with one attached hydrogen (secondary N) is 1. The van der Waals surface area contributed by atoms with Crippen LogP contribution in [0.2, 0.25) is 0 Å². The molecule has 1 heterocycles. The lowest BCUT2D eigenvalue weighted by Crippen LogP contribution is -2.30. The molecule has 0 saturated carbocycles. The molecule has 1 N–H and O–H groups in total.